The zero-order valence-corrected chi connectivity index (χ0v) is 10.5. The van der Waals surface area contributed by atoms with Crippen molar-refractivity contribution >= 4 is 15.9 Å². The van der Waals surface area contributed by atoms with Gasteiger partial charge in [-0.05, 0) is 30.6 Å². The number of fused-ring (bicyclic) bond motifs is 2. The molecule has 0 radical (unpaired) electrons. The molecule has 0 saturated heterocycles. The maximum absolute atomic E-state index is 12.0. The molecule has 2 saturated carbocycles. The van der Waals surface area contributed by atoms with Gasteiger partial charge in [-0.1, -0.05) is 13.8 Å². The zero-order chi connectivity index (χ0) is 12.2. The van der Waals surface area contributed by atoms with Gasteiger partial charge in [-0.15, -0.1) is 0 Å². The maximum atomic E-state index is 12.0. The van der Waals surface area contributed by atoms with Crippen molar-refractivity contribution < 1.29 is 17.8 Å². The topological polar surface area (TPSA) is 71.4 Å². The highest BCUT2D eigenvalue weighted by Gasteiger charge is 2.61. The Kier molecular flexibility index (Phi) is 2.48. The van der Waals surface area contributed by atoms with Crippen LogP contribution in [0.25, 0.3) is 0 Å². The van der Waals surface area contributed by atoms with Gasteiger partial charge in [0.25, 0.3) is 10.1 Å². The van der Waals surface area contributed by atoms with Gasteiger partial charge in [0.2, 0.25) is 0 Å². The number of carbonyl (C=O) groups excluding carboxylic acids is 1. The Balaban J connectivity index is 2.30. The third-order valence-corrected chi connectivity index (χ3v) is 5.50. The molecule has 16 heavy (non-hydrogen) atoms. The van der Waals surface area contributed by atoms with Crippen molar-refractivity contribution in [2.75, 3.05) is 5.75 Å². The van der Waals surface area contributed by atoms with E-state index in [9.17, 15) is 13.2 Å². The Hall–Kier alpha value is -0.420. The van der Waals surface area contributed by atoms with Crippen molar-refractivity contribution in [2.24, 2.45) is 16.7 Å². The molecule has 1 N–H and O–H groups in total. The molecule has 4 nitrogen and oxygen atoms in total. The number of rotatable bonds is 3. The van der Waals surface area contributed by atoms with Crippen LogP contribution >= 0.6 is 0 Å². The summed E-state index contributed by atoms with van der Waals surface area (Å²) >= 11 is 0. The summed E-state index contributed by atoms with van der Waals surface area (Å²) in [6.07, 6.45) is 2.65. The van der Waals surface area contributed by atoms with E-state index in [1.165, 1.54) is 0 Å². The number of carbonyl (C=O) groups is 1. The molecule has 0 amide bonds. The van der Waals surface area contributed by atoms with E-state index in [1.807, 2.05) is 0 Å². The van der Waals surface area contributed by atoms with Gasteiger partial charge in [0.05, 0.1) is 5.75 Å². The molecular weight excluding hydrogens is 228 g/mol. The molecule has 2 unspecified atom stereocenters. The van der Waals surface area contributed by atoms with Crippen LogP contribution in [-0.4, -0.2) is 24.5 Å². The molecule has 0 aromatic rings. The molecule has 2 rings (SSSR count). The number of ketones is 1. The molecule has 0 spiro atoms. The van der Waals surface area contributed by atoms with Gasteiger partial charge < -0.3 is 0 Å². The van der Waals surface area contributed by atoms with Crippen LogP contribution in [0.2, 0.25) is 0 Å². The Morgan fingerprint density at radius 2 is 2.00 bits per heavy atom. The van der Waals surface area contributed by atoms with Crippen LogP contribution in [0.4, 0.5) is 0 Å². The van der Waals surface area contributed by atoms with Gasteiger partial charge in [-0.2, -0.15) is 8.42 Å². The minimum atomic E-state index is -4.06. The first-order chi connectivity index (χ1) is 7.19. The molecule has 2 aliphatic carbocycles. The third-order valence-electron chi connectivity index (χ3n) is 4.58. The predicted molar refractivity (Wildman–Crippen MR) is 59.6 cm³/mol. The molecule has 0 aliphatic heterocycles. The molecule has 2 aliphatic rings. The van der Waals surface area contributed by atoms with E-state index in [2.05, 4.69) is 13.8 Å². The first-order valence-electron chi connectivity index (χ1n) is 5.68. The molecule has 0 aromatic heterocycles. The zero-order valence-electron chi connectivity index (χ0n) is 9.69. The number of hydrogen-bond acceptors (Lipinski definition) is 3. The first kappa shape index (κ1) is 12.0. The van der Waals surface area contributed by atoms with Crippen LogP contribution in [0.5, 0.6) is 0 Å². The lowest BCUT2D eigenvalue weighted by Crippen LogP contribution is -2.33. The van der Waals surface area contributed by atoms with Crippen LogP contribution < -0.4 is 0 Å². The van der Waals surface area contributed by atoms with Crippen molar-refractivity contribution in [3.05, 3.63) is 0 Å². The standard InChI is InChI=1S/C11H18O4S/c1-8(2)10-3-4-11(6-10,9(12)5-10)7-16(13,14)15/h8H,3-7H2,1-2H3,(H,13,14,15). The molecule has 2 fully saturated rings. The normalized spacial score (nSPS) is 38.6. The van der Waals surface area contributed by atoms with E-state index >= 15 is 0 Å². The monoisotopic (exact) mass is 246 g/mol. The van der Waals surface area contributed by atoms with Crippen LogP contribution in [0.15, 0.2) is 0 Å². The third kappa shape index (κ3) is 1.70. The fourth-order valence-corrected chi connectivity index (χ4v) is 4.59. The molecule has 92 valence electrons. The van der Waals surface area contributed by atoms with E-state index in [1.54, 1.807) is 0 Å². The lowest BCUT2D eigenvalue weighted by molar-refractivity contribution is -0.126. The smallest absolute Gasteiger partial charge is 0.265 e. The minimum Gasteiger partial charge on any atom is -0.299 e. The quantitative estimate of drug-likeness (QED) is 0.769. The summed E-state index contributed by atoms with van der Waals surface area (Å²) in [4.78, 5) is 12.0. The Morgan fingerprint density at radius 3 is 2.38 bits per heavy atom. The largest absolute Gasteiger partial charge is 0.299 e. The van der Waals surface area contributed by atoms with Gasteiger partial charge in [0.1, 0.15) is 5.78 Å². The van der Waals surface area contributed by atoms with E-state index in [4.69, 9.17) is 4.55 Å². The van der Waals surface area contributed by atoms with E-state index < -0.39 is 15.5 Å². The highest BCUT2D eigenvalue weighted by Crippen LogP contribution is 2.62. The van der Waals surface area contributed by atoms with Gasteiger partial charge in [-0.25, -0.2) is 0 Å². The summed E-state index contributed by atoms with van der Waals surface area (Å²) in [7, 11) is -4.06. The Labute approximate surface area is 96.2 Å². The number of Topliss-reactive ketones (excluding diaryl/α,β-unsaturated/α-hetero) is 1. The molecule has 0 aromatic carbocycles. The van der Waals surface area contributed by atoms with Crippen molar-refractivity contribution in [1.82, 2.24) is 0 Å². The van der Waals surface area contributed by atoms with E-state index in [0.717, 1.165) is 6.42 Å². The first-order valence-corrected chi connectivity index (χ1v) is 7.29. The van der Waals surface area contributed by atoms with Crippen LogP contribution in [0.3, 0.4) is 0 Å². The van der Waals surface area contributed by atoms with Gasteiger partial charge in [0.15, 0.2) is 0 Å². The SMILES string of the molecule is CC(C)C12CCC(CS(=O)(=O)O)(C1)C(=O)C2. The lowest BCUT2D eigenvalue weighted by Gasteiger charge is -2.30. The minimum absolute atomic E-state index is 0.0121. The second-order valence-electron chi connectivity index (χ2n) is 5.80. The van der Waals surface area contributed by atoms with Crippen molar-refractivity contribution in [2.45, 2.75) is 39.5 Å². The summed E-state index contributed by atoms with van der Waals surface area (Å²) in [5.74, 6) is 0.0418. The fourth-order valence-electron chi connectivity index (χ4n) is 3.48. The summed E-state index contributed by atoms with van der Waals surface area (Å²) in [6.45, 7) is 4.17. The van der Waals surface area contributed by atoms with Crippen LogP contribution in [0, 0.1) is 16.7 Å². The molecular formula is C11H18O4S. The molecule has 5 heteroatoms. The van der Waals surface area contributed by atoms with Crippen molar-refractivity contribution in [3.8, 4) is 0 Å². The maximum Gasteiger partial charge on any atom is 0.265 e. The molecule has 2 atom stereocenters. The Morgan fingerprint density at radius 1 is 1.38 bits per heavy atom. The highest BCUT2D eigenvalue weighted by atomic mass is 32.2. The van der Waals surface area contributed by atoms with Crippen molar-refractivity contribution in [1.29, 1.82) is 0 Å². The second kappa shape index (κ2) is 3.29. The summed E-state index contributed by atoms with van der Waals surface area (Å²) in [6, 6.07) is 0. The van der Waals surface area contributed by atoms with Crippen LogP contribution in [-0.2, 0) is 14.9 Å². The number of hydrogen-bond donors (Lipinski definition) is 1. The summed E-state index contributed by atoms with van der Waals surface area (Å²) < 4.78 is 30.9. The van der Waals surface area contributed by atoms with E-state index in [-0.39, 0.29) is 17.0 Å². The predicted octanol–water partition coefficient (Wildman–Crippen LogP) is 1.66. The Bertz CT molecular complexity index is 425. The van der Waals surface area contributed by atoms with Gasteiger partial charge in [0, 0.05) is 11.8 Å². The lowest BCUT2D eigenvalue weighted by atomic mass is 9.74. The van der Waals surface area contributed by atoms with E-state index in [0.29, 0.717) is 25.2 Å². The van der Waals surface area contributed by atoms with Gasteiger partial charge in [-0.3, -0.25) is 9.35 Å². The fraction of sp³-hybridized carbons (Fsp3) is 0.909. The highest BCUT2D eigenvalue weighted by molar-refractivity contribution is 7.85. The van der Waals surface area contributed by atoms with Gasteiger partial charge >= 0.3 is 0 Å². The summed E-state index contributed by atoms with van der Waals surface area (Å²) in [5, 5.41) is 0. The van der Waals surface area contributed by atoms with Crippen LogP contribution in [0.1, 0.15) is 39.5 Å². The molecule has 2 bridgehead atoms. The molecule has 0 heterocycles. The average molecular weight is 246 g/mol. The average Bonchev–Trinajstić information content (AvgIpc) is 2.54. The second-order valence-corrected chi connectivity index (χ2v) is 7.25. The summed E-state index contributed by atoms with van der Waals surface area (Å²) in [5.41, 5.74) is -0.792. The van der Waals surface area contributed by atoms with Crippen molar-refractivity contribution in [3.63, 3.8) is 0 Å².